The summed E-state index contributed by atoms with van der Waals surface area (Å²) in [7, 11) is 0. The normalized spacial score (nSPS) is 14.1. The van der Waals surface area contributed by atoms with Gasteiger partial charge in [-0.1, -0.05) is 26.0 Å². The zero-order valence-electron chi connectivity index (χ0n) is 18.6. The van der Waals surface area contributed by atoms with Gasteiger partial charge in [-0.05, 0) is 77.5 Å². The van der Waals surface area contributed by atoms with Crippen LogP contribution in [0, 0.1) is 6.92 Å². The number of furan rings is 1. The lowest BCUT2D eigenvalue weighted by atomic mass is 10.0. The lowest BCUT2D eigenvalue weighted by Gasteiger charge is -2.29. The first-order valence-electron chi connectivity index (χ1n) is 10.9. The van der Waals surface area contributed by atoms with Gasteiger partial charge in [-0.25, -0.2) is 4.98 Å². The van der Waals surface area contributed by atoms with Crippen LogP contribution >= 0.6 is 15.9 Å². The number of hydrogen-bond acceptors (Lipinski definition) is 5. The van der Waals surface area contributed by atoms with Crippen LogP contribution in [0.3, 0.4) is 0 Å². The highest BCUT2D eigenvalue weighted by atomic mass is 79.9. The van der Waals surface area contributed by atoms with E-state index in [1.54, 1.807) is 6.26 Å². The Labute approximate surface area is 192 Å². The fourth-order valence-electron chi connectivity index (χ4n) is 3.90. The van der Waals surface area contributed by atoms with Crippen molar-refractivity contribution in [3.05, 3.63) is 70.2 Å². The molecule has 2 aromatic heterocycles. The van der Waals surface area contributed by atoms with Crippen LogP contribution in [-0.4, -0.2) is 29.6 Å². The first-order valence-corrected chi connectivity index (χ1v) is 11.7. The van der Waals surface area contributed by atoms with Crippen LogP contribution in [-0.2, 0) is 0 Å². The van der Waals surface area contributed by atoms with Crippen LogP contribution in [0.25, 0.3) is 5.57 Å². The summed E-state index contributed by atoms with van der Waals surface area (Å²) >= 11 is 3.77. The Kier molecular flexibility index (Phi) is 6.46. The van der Waals surface area contributed by atoms with Gasteiger partial charge in [0.15, 0.2) is 0 Å². The fourth-order valence-corrected chi connectivity index (χ4v) is 4.51. The van der Waals surface area contributed by atoms with E-state index in [4.69, 9.17) is 14.4 Å². The van der Waals surface area contributed by atoms with E-state index in [2.05, 4.69) is 76.8 Å². The average Bonchev–Trinajstić information content (AvgIpc) is 3.30. The Morgan fingerprint density at radius 1 is 1.19 bits per heavy atom. The summed E-state index contributed by atoms with van der Waals surface area (Å²) in [6.07, 6.45) is 4.90. The van der Waals surface area contributed by atoms with Crippen LogP contribution in [0.4, 0.5) is 17.5 Å². The predicted octanol–water partition coefficient (Wildman–Crippen LogP) is 6.72. The maximum absolute atomic E-state index is 5.56. The Morgan fingerprint density at radius 3 is 2.65 bits per heavy atom. The van der Waals surface area contributed by atoms with Gasteiger partial charge < -0.3 is 14.2 Å². The van der Waals surface area contributed by atoms with Crippen molar-refractivity contribution in [3.8, 4) is 0 Å². The van der Waals surface area contributed by atoms with Gasteiger partial charge in [0.1, 0.15) is 11.6 Å². The van der Waals surface area contributed by atoms with E-state index in [1.807, 2.05) is 19.1 Å². The maximum Gasteiger partial charge on any atom is 0.232 e. The Bertz CT molecular complexity index is 1080. The standard InChI is InChI=1S/C25H29BrN4O/c1-5-30(22-9-8-20(17(2)3)16-21(22)26)25-27-18(4)15-24(28-25)29-12-10-19(11-13-29)23-7-6-14-31-23/h6-10,14-17H,5,11-13H2,1-4H3. The van der Waals surface area contributed by atoms with E-state index in [0.717, 1.165) is 59.4 Å². The van der Waals surface area contributed by atoms with Gasteiger partial charge in [0.2, 0.25) is 5.95 Å². The smallest absolute Gasteiger partial charge is 0.232 e. The van der Waals surface area contributed by atoms with Crippen LogP contribution in [0.2, 0.25) is 0 Å². The molecule has 3 aromatic rings. The molecule has 31 heavy (non-hydrogen) atoms. The molecule has 0 N–H and O–H groups in total. The molecule has 0 bridgehead atoms. The van der Waals surface area contributed by atoms with E-state index in [1.165, 1.54) is 11.1 Å². The quantitative estimate of drug-likeness (QED) is 0.391. The SMILES string of the molecule is CCN(c1nc(C)cc(N2CC=C(c3ccco3)CC2)n1)c1ccc(C(C)C)cc1Br. The lowest BCUT2D eigenvalue weighted by molar-refractivity contribution is 0.548. The monoisotopic (exact) mass is 480 g/mol. The third-order valence-electron chi connectivity index (χ3n) is 5.69. The van der Waals surface area contributed by atoms with E-state index >= 15 is 0 Å². The molecule has 0 spiro atoms. The molecule has 0 saturated carbocycles. The molecule has 0 radical (unpaired) electrons. The third kappa shape index (κ3) is 4.69. The predicted molar refractivity (Wildman–Crippen MR) is 131 cm³/mol. The topological polar surface area (TPSA) is 45.4 Å². The van der Waals surface area contributed by atoms with Crippen molar-refractivity contribution < 1.29 is 4.42 Å². The van der Waals surface area contributed by atoms with Gasteiger partial charge in [-0.2, -0.15) is 4.98 Å². The van der Waals surface area contributed by atoms with Gasteiger partial charge in [0.25, 0.3) is 0 Å². The minimum Gasteiger partial charge on any atom is -0.465 e. The van der Waals surface area contributed by atoms with Crippen LogP contribution in [0.15, 0.2) is 57.6 Å². The molecule has 0 fully saturated rings. The van der Waals surface area contributed by atoms with E-state index < -0.39 is 0 Å². The van der Waals surface area contributed by atoms with Crippen molar-refractivity contribution in [1.82, 2.24) is 9.97 Å². The minimum absolute atomic E-state index is 0.487. The first-order chi connectivity index (χ1) is 15.0. The van der Waals surface area contributed by atoms with Crippen molar-refractivity contribution in [2.24, 2.45) is 0 Å². The molecule has 1 aliphatic rings. The highest BCUT2D eigenvalue weighted by molar-refractivity contribution is 9.10. The third-order valence-corrected chi connectivity index (χ3v) is 6.32. The molecule has 5 nitrogen and oxygen atoms in total. The van der Waals surface area contributed by atoms with Crippen LogP contribution in [0.1, 0.15) is 50.1 Å². The molecule has 0 saturated heterocycles. The zero-order valence-corrected chi connectivity index (χ0v) is 20.2. The number of hydrogen-bond donors (Lipinski definition) is 0. The summed E-state index contributed by atoms with van der Waals surface area (Å²) in [6.45, 7) is 11.1. The van der Waals surface area contributed by atoms with E-state index in [-0.39, 0.29) is 0 Å². The summed E-state index contributed by atoms with van der Waals surface area (Å²) < 4.78 is 6.62. The van der Waals surface area contributed by atoms with Gasteiger partial charge in [-0.3, -0.25) is 0 Å². The second-order valence-corrected chi connectivity index (χ2v) is 9.03. The highest BCUT2D eigenvalue weighted by Crippen LogP contribution is 2.34. The van der Waals surface area contributed by atoms with Crippen molar-refractivity contribution >= 4 is 39.0 Å². The van der Waals surface area contributed by atoms with Crippen LogP contribution in [0.5, 0.6) is 0 Å². The van der Waals surface area contributed by atoms with Gasteiger partial charge in [0.05, 0.1) is 12.0 Å². The largest absolute Gasteiger partial charge is 0.465 e. The average molecular weight is 481 g/mol. The number of benzene rings is 1. The van der Waals surface area contributed by atoms with Crippen molar-refractivity contribution in [2.45, 2.75) is 40.0 Å². The van der Waals surface area contributed by atoms with Crippen molar-refractivity contribution in [2.75, 3.05) is 29.4 Å². The number of nitrogens with zero attached hydrogens (tertiary/aromatic N) is 4. The van der Waals surface area contributed by atoms with E-state index in [0.29, 0.717) is 5.92 Å². The molecular formula is C25H29BrN4O. The van der Waals surface area contributed by atoms with E-state index in [9.17, 15) is 0 Å². The summed E-state index contributed by atoms with van der Waals surface area (Å²) in [5.41, 5.74) is 4.62. The fraction of sp³-hybridized carbons (Fsp3) is 0.360. The summed E-state index contributed by atoms with van der Waals surface area (Å²) in [4.78, 5) is 14.2. The molecule has 1 aromatic carbocycles. The molecule has 0 aliphatic carbocycles. The molecular weight excluding hydrogens is 452 g/mol. The number of halogens is 1. The van der Waals surface area contributed by atoms with Gasteiger partial charge in [-0.15, -0.1) is 0 Å². The second-order valence-electron chi connectivity index (χ2n) is 8.18. The summed E-state index contributed by atoms with van der Waals surface area (Å²) in [5.74, 6) is 3.15. The van der Waals surface area contributed by atoms with Crippen LogP contribution < -0.4 is 9.80 Å². The van der Waals surface area contributed by atoms with Gasteiger partial charge >= 0.3 is 0 Å². The number of aryl methyl sites for hydroxylation is 1. The Morgan fingerprint density at radius 2 is 2.03 bits per heavy atom. The molecule has 0 atom stereocenters. The molecule has 0 unspecified atom stereocenters. The number of anilines is 3. The molecule has 1 aliphatic heterocycles. The molecule has 3 heterocycles. The molecule has 162 valence electrons. The Balaban J connectivity index is 1.61. The lowest BCUT2D eigenvalue weighted by Crippen LogP contribution is -2.30. The zero-order chi connectivity index (χ0) is 22.0. The highest BCUT2D eigenvalue weighted by Gasteiger charge is 2.20. The molecule has 0 amide bonds. The minimum atomic E-state index is 0.487. The molecule has 6 heteroatoms. The number of rotatable bonds is 6. The summed E-state index contributed by atoms with van der Waals surface area (Å²) in [5, 5.41) is 0. The van der Waals surface area contributed by atoms with Crippen molar-refractivity contribution in [1.29, 1.82) is 0 Å². The summed E-state index contributed by atoms with van der Waals surface area (Å²) in [6, 6.07) is 12.6. The first kappa shape index (κ1) is 21.6. The van der Waals surface area contributed by atoms with Gasteiger partial charge in [0, 0.05) is 35.9 Å². The second kappa shape index (κ2) is 9.27. The maximum atomic E-state index is 5.56. The Hall–Kier alpha value is -2.60. The number of aromatic nitrogens is 2. The van der Waals surface area contributed by atoms with Crippen molar-refractivity contribution in [3.63, 3.8) is 0 Å². The molecule has 4 rings (SSSR count).